The molecule has 0 amide bonds. The van der Waals surface area contributed by atoms with E-state index in [9.17, 15) is 5.11 Å². The lowest BCUT2D eigenvalue weighted by atomic mass is 9.83. The van der Waals surface area contributed by atoms with Gasteiger partial charge in [-0.1, -0.05) is 23.7 Å². The van der Waals surface area contributed by atoms with E-state index in [0.717, 1.165) is 35.5 Å². The first-order valence-electron chi connectivity index (χ1n) is 5.69. The Labute approximate surface area is 102 Å². The molecule has 1 aromatic carbocycles. The summed E-state index contributed by atoms with van der Waals surface area (Å²) in [4.78, 5) is 2.17. The van der Waals surface area contributed by atoms with E-state index in [1.165, 1.54) is 0 Å². The molecule has 2 nitrogen and oxygen atoms in total. The zero-order chi connectivity index (χ0) is 11.8. The Morgan fingerprint density at radius 3 is 2.88 bits per heavy atom. The monoisotopic (exact) mass is 239 g/mol. The Kier molecular flexibility index (Phi) is 3.24. The molecule has 0 aliphatic carbocycles. The smallest absolute Gasteiger partial charge is 0.103 e. The number of likely N-dealkylation sites (tertiary alicyclic amines) is 1. The first-order valence-corrected chi connectivity index (χ1v) is 6.07. The Morgan fingerprint density at radius 2 is 2.19 bits per heavy atom. The van der Waals surface area contributed by atoms with Gasteiger partial charge in [-0.15, -0.1) is 0 Å². The molecule has 1 saturated heterocycles. The highest BCUT2D eigenvalue weighted by Gasteiger charge is 2.34. The van der Waals surface area contributed by atoms with E-state index in [1.807, 2.05) is 32.2 Å². The molecule has 1 fully saturated rings. The van der Waals surface area contributed by atoms with Gasteiger partial charge in [-0.25, -0.2) is 0 Å². The molecule has 1 aliphatic rings. The van der Waals surface area contributed by atoms with E-state index in [-0.39, 0.29) is 0 Å². The van der Waals surface area contributed by atoms with Gasteiger partial charge in [0.1, 0.15) is 5.60 Å². The number of rotatable bonds is 1. The number of halogens is 1. The molecule has 1 N–H and O–H groups in total. The fourth-order valence-corrected chi connectivity index (χ4v) is 2.75. The van der Waals surface area contributed by atoms with Crippen LogP contribution >= 0.6 is 11.6 Å². The van der Waals surface area contributed by atoms with Gasteiger partial charge in [0, 0.05) is 11.6 Å². The number of aliphatic hydroxyl groups is 1. The van der Waals surface area contributed by atoms with Crippen LogP contribution in [0.25, 0.3) is 0 Å². The van der Waals surface area contributed by atoms with Crippen molar-refractivity contribution in [1.29, 1.82) is 0 Å². The predicted octanol–water partition coefficient (Wildman–Crippen LogP) is 2.56. The van der Waals surface area contributed by atoms with Gasteiger partial charge >= 0.3 is 0 Å². The SMILES string of the molecule is Cc1c(Cl)cccc1C1(O)CCCN(C)C1. The Morgan fingerprint density at radius 1 is 1.44 bits per heavy atom. The zero-order valence-corrected chi connectivity index (χ0v) is 10.6. The van der Waals surface area contributed by atoms with E-state index in [4.69, 9.17) is 11.6 Å². The molecule has 16 heavy (non-hydrogen) atoms. The second kappa shape index (κ2) is 4.36. The molecule has 1 aromatic rings. The standard InChI is InChI=1S/C13H18ClNO/c1-10-11(5-3-6-12(10)14)13(16)7-4-8-15(2)9-13/h3,5-6,16H,4,7-9H2,1-2H3. The van der Waals surface area contributed by atoms with E-state index in [2.05, 4.69) is 4.90 Å². The largest absolute Gasteiger partial charge is 0.384 e. The minimum Gasteiger partial charge on any atom is -0.384 e. The van der Waals surface area contributed by atoms with Crippen LogP contribution in [0.15, 0.2) is 18.2 Å². The maximum absolute atomic E-state index is 10.7. The van der Waals surface area contributed by atoms with Crippen LogP contribution in [-0.4, -0.2) is 30.1 Å². The predicted molar refractivity (Wildman–Crippen MR) is 66.8 cm³/mol. The maximum atomic E-state index is 10.7. The molecular weight excluding hydrogens is 222 g/mol. The summed E-state index contributed by atoms with van der Waals surface area (Å²) in [6.07, 6.45) is 1.84. The van der Waals surface area contributed by atoms with Gasteiger partial charge in [0.15, 0.2) is 0 Å². The van der Waals surface area contributed by atoms with Gasteiger partial charge in [0.05, 0.1) is 0 Å². The highest BCUT2D eigenvalue weighted by molar-refractivity contribution is 6.31. The van der Waals surface area contributed by atoms with Crippen molar-refractivity contribution >= 4 is 11.6 Å². The lowest BCUT2D eigenvalue weighted by Gasteiger charge is -2.38. The van der Waals surface area contributed by atoms with Crippen molar-refractivity contribution in [2.24, 2.45) is 0 Å². The number of hydrogen-bond acceptors (Lipinski definition) is 2. The zero-order valence-electron chi connectivity index (χ0n) is 9.83. The molecule has 0 saturated carbocycles. The van der Waals surface area contributed by atoms with Crippen LogP contribution < -0.4 is 0 Å². The van der Waals surface area contributed by atoms with E-state index >= 15 is 0 Å². The van der Waals surface area contributed by atoms with Crippen LogP contribution in [0.4, 0.5) is 0 Å². The average molecular weight is 240 g/mol. The second-order valence-corrected chi connectivity index (χ2v) is 5.19. The molecule has 1 aliphatic heterocycles. The minimum absolute atomic E-state index is 0.689. The van der Waals surface area contributed by atoms with Crippen molar-refractivity contribution in [2.75, 3.05) is 20.1 Å². The summed E-state index contributed by atoms with van der Waals surface area (Å²) in [6.45, 7) is 3.72. The fourth-order valence-electron chi connectivity index (χ4n) is 2.58. The van der Waals surface area contributed by atoms with Crippen molar-refractivity contribution in [1.82, 2.24) is 4.90 Å². The van der Waals surface area contributed by atoms with Crippen LogP contribution in [0.5, 0.6) is 0 Å². The normalized spacial score (nSPS) is 27.0. The lowest BCUT2D eigenvalue weighted by Crippen LogP contribution is -2.44. The molecule has 0 spiro atoms. The van der Waals surface area contributed by atoms with Gasteiger partial charge in [0.25, 0.3) is 0 Å². The average Bonchev–Trinajstić information content (AvgIpc) is 2.21. The molecule has 0 bridgehead atoms. The topological polar surface area (TPSA) is 23.5 Å². The van der Waals surface area contributed by atoms with Gasteiger partial charge in [0.2, 0.25) is 0 Å². The van der Waals surface area contributed by atoms with Crippen LogP contribution in [0, 0.1) is 6.92 Å². The minimum atomic E-state index is -0.734. The molecular formula is C13H18ClNO. The Bertz CT molecular complexity index is 394. The summed E-state index contributed by atoms with van der Waals surface area (Å²) in [5.41, 5.74) is 1.25. The number of benzene rings is 1. The summed E-state index contributed by atoms with van der Waals surface area (Å²) in [5, 5.41) is 11.5. The third-order valence-corrected chi connectivity index (χ3v) is 3.84. The molecule has 1 unspecified atom stereocenters. The number of piperidine rings is 1. The summed E-state index contributed by atoms with van der Waals surface area (Å²) in [7, 11) is 2.05. The fraction of sp³-hybridized carbons (Fsp3) is 0.538. The third kappa shape index (κ3) is 2.10. The number of hydrogen-bond donors (Lipinski definition) is 1. The van der Waals surface area contributed by atoms with Crippen LogP contribution in [-0.2, 0) is 5.60 Å². The van der Waals surface area contributed by atoms with Crippen molar-refractivity contribution in [3.8, 4) is 0 Å². The van der Waals surface area contributed by atoms with Crippen LogP contribution in [0.1, 0.15) is 24.0 Å². The molecule has 1 atom stereocenters. The molecule has 88 valence electrons. The molecule has 0 radical (unpaired) electrons. The van der Waals surface area contributed by atoms with Crippen molar-refractivity contribution in [2.45, 2.75) is 25.4 Å². The molecule has 1 heterocycles. The van der Waals surface area contributed by atoms with Gasteiger partial charge in [-0.2, -0.15) is 0 Å². The third-order valence-electron chi connectivity index (χ3n) is 3.43. The highest BCUT2D eigenvalue weighted by atomic mass is 35.5. The number of likely N-dealkylation sites (N-methyl/N-ethyl adjacent to an activating group) is 1. The first-order chi connectivity index (χ1) is 7.53. The summed E-state index contributed by atoms with van der Waals surface area (Å²) >= 11 is 6.11. The second-order valence-electron chi connectivity index (χ2n) is 4.79. The van der Waals surface area contributed by atoms with Gasteiger partial charge in [-0.3, -0.25) is 0 Å². The highest BCUT2D eigenvalue weighted by Crippen LogP contribution is 2.34. The van der Waals surface area contributed by atoms with E-state index in [1.54, 1.807) is 0 Å². The quantitative estimate of drug-likeness (QED) is 0.814. The summed E-state index contributed by atoms with van der Waals surface area (Å²) < 4.78 is 0. The van der Waals surface area contributed by atoms with Crippen molar-refractivity contribution in [3.05, 3.63) is 34.3 Å². The lowest BCUT2D eigenvalue weighted by molar-refractivity contribution is -0.0282. The molecule has 2 rings (SSSR count). The van der Waals surface area contributed by atoms with E-state index in [0.29, 0.717) is 6.54 Å². The van der Waals surface area contributed by atoms with Crippen molar-refractivity contribution < 1.29 is 5.11 Å². The van der Waals surface area contributed by atoms with Crippen LogP contribution in [0.2, 0.25) is 5.02 Å². The molecule has 0 aromatic heterocycles. The summed E-state index contributed by atoms with van der Waals surface area (Å²) in [5.74, 6) is 0. The molecule has 3 heteroatoms. The van der Waals surface area contributed by atoms with E-state index < -0.39 is 5.60 Å². The first kappa shape index (κ1) is 11.9. The number of β-amino-alcohol motifs (C(OH)–C–C–N with tert-alkyl or cyclic N) is 1. The number of nitrogens with zero attached hydrogens (tertiary/aromatic N) is 1. The van der Waals surface area contributed by atoms with Crippen molar-refractivity contribution in [3.63, 3.8) is 0 Å². The van der Waals surface area contributed by atoms with Gasteiger partial charge in [-0.05, 0) is 50.6 Å². The maximum Gasteiger partial charge on any atom is 0.103 e. The van der Waals surface area contributed by atoms with Gasteiger partial charge < -0.3 is 10.0 Å². The summed E-state index contributed by atoms with van der Waals surface area (Å²) in [6, 6.07) is 5.77. The Balaban J connectivity index is 2.38. The Hall–Kier alpha value is -0.570. The van der Waals surface area contributed by atoms with Crippen LogP contribution in [0.3, 0.4) is 0 Å².